The molecule has 0 saturated heterocycles. The van der Waals surface area contributed by atoms with Gasteiger partial charge in [0.25, 0.3) is 16.0 Å². The molecule has 0 radical (unpaired) electrons. The number of nitrogens with zero attached hydrogens (tertiary/aromatic N) is 2. The number of methoxy groups -OCH3 is 1. The van der Waals surface area contributed by atoms with Gasteiger partial charge in [0, 0.05) is 22.2 Å². The molecule has 3 N–H and O–H groups in total. The van der Waals surface area contributed by atoms with Crippen molar-refractivity contribution in [3.63, 3.8) is 0 Å². The van der Waals surface area contributed by atoms with Crippen molar-refractivity contribution >= 4 is 67.1 Å². The number of carbonyl (C=O) groups excluding carboxylic acids is 1. The Morgan fingerprint density at radius 1 is 1.00 bits per heavy atom. The lowest BCUT2D eigenvalue weighted by Crippen LogP contribution is -2.12. The van der Waals surface area contributed by atoms with Crippen molar-refractivity contribution in [2.24, 2.45) is 10.2 Å². The average molecular weight is 560 g/mol. The lowest BCUT2D eigenvalue weighted by molar-refractivity contribution is 0.102. The van der Waals surface area contributed by atoms with Gasteiger partial charge in [0.15, 0.2) is 5.75 Å². The molecule has 12 heteroatoms. The van der Waals surface area contributed by atoms with Crippen molar-refractivity contribution in [3.05, 3.63) is 81.8 Å². The van der Waals surface area contributed by atoms with Gasteiger partial charge < -0.3 is 15.2 Å². The van der Waals surface area contributed by atoms with E-state index in [2.05, 4.69) is 15.5 Å². The number of fused-ring (bicyclic) bond motifs is 1. The quantitative estimate of drug-likeness (QED) is 0.170. The van der Waals surface area contributed by atoms with Crippen LogP contribution in [0.4, 0.5) is 17.1 Å². The molecule has 0 heterocycles. The number of phenols is 1. The van der Waals surface area contributed by atoms with Gasteiger partial charge in [0.05, 0.1) is 28.3 Å². The third-order valence-electron chi connectivity index (χ3n) is 5.49. The zero-order chi connectivity index (χ0) is 26.9. The Bertz CT molecular complexity index is 1690. The van der Waals surface area contributed by atoms with Gasteiger partial charge in [-0.15, -0.1) is 5.11 Å². The lowest BCUT2D eigenvalue weighted by atomic mass is 10.0. The maximum absolute atomic E-state index is 13.1. The molecule has 190 valence electrons. The third-order valence-corrected chi connectivity index (χ3v) is 7.03. The standard InChI is InChI=1S/C25H19Cl2N3O6S/c1-13-20(27)11-16(37(33,34)35)12-21(13)29-30-23-17-6-4-3-5-14(17)9-18(24(23)31)25(32)28-15-7-8-19(26)22(10-15)36-2/h3-12,31H,1-2H3,(H,28,32)(H,33,34,35). The van der Waals surface area contributed by atoms with E-state index >= 15 is 0 Å². The highest BCUT2D eigenvalue weighted by molar-refractivity contribution is 7.85. The monoisotopic (exact) mass is 559 g/mol. The van der Waals surface area contributed by atoms with Crippen LogP contribution in [0, 0.1) is 6.92 Å². The smallest absolute Gasteiger partial charge is 0.294 e. The summed E-state index contributed by atoms with van der Waals surface area (Å²) in [7, 11) is -3.11. The number of aromatic hydroxyl groups is 1. The minimum Gasteiger partial charge on any atom is -0.505 e. The average Bonchev–Trinajstić information content (AvgIpc) is 2.85. The van der Waals surface area contributed by atoms with Crippen LogP contribution >= 0.6 is 23.2 Å². The summed E-state index contributed by atoms with van der Waals surface area (Å²) in [6.45, 7) is 1.59. The fourth-order valence-electron chi connectivity index (χ4n) is 3.52. The van der Waals surface area contributed by atoms with Crippen LogP contribution in [0.5, 0.6) is 11.5 Å². The van der Waals surface area contributed by atoms with Gasteiger partial charge in [-0.05, 0) is 48.2 Å². The summed E-state index contributed by atoms with van der Waals surface area (Å²) in [4.78, 5) is 12.7. The third kappa shape index (κ3) is 5.52. The second-order valence-corrected chi connectivity index (χ2v) is 10.1. The molecule has 0 aliphatic heterocycles. The fraction of sp³-hybridized carbons (Fsp3) is 0.0800. The first-order valence-electron chi connectivity index (χ1n) is 10.6. The first-order chi connectivity index (χ1) is 17.5. The minimum atomic E-state index is -4.55. The molecule has 0 aliphatic rings. The summed E-state index contributed by atoms with van der Waals surface area (Å²) >= 11 is 12.2. The molecule has 9 nitrogen and oxygen atoms in total. The van der Waals surface area contributed by atoms with E-state index < -0.39 is 26.7 Å². The molecule has 0 atom stereocenters. The Morgan fingerprint density at radius 2 is 1.73 bits per heavy atom. The fourth-order valence-corrected chi connectivity index (χ4v) is 4.53. The predicted octanol–water partition coefficient (Wildman–Crippen LogP) is 7.08. The number of nitrogens with one attached hydrogen (secondary N) is 1. The van der Waals surface area contributed by atoms with Crippen LogP contribution < -0.4 is 10.1 Å². The summed E-state index contributed by atoms with van der Waals surface area (Å²) in [6.07, 6.45) is 0. The number of rotatable bonds is 6. The second kappa shape index (κ2) is 10.3. The molecule has 0 unspecified atom stereocenters. The molecule has 0 fully saturated rings. The van der Waals surface area contributed by atoms with Gasteiger partial charge in [-0.2, -0.15) is 13.5 Å². The van der Waals surface area contributed by atoms with E-state index in [0.717, 1.165) is 12.1 Å². The summed E-state index contributed by atoms with van der Waals surface area (Å²) in [5, 5.41) is 23.4. The molecule has 0 spiro atoms. The molecule has 4 aromatic carbocycles. The van der Waals surface area contributed by atoms with Crippen LogP contribution in [0.2, 0.25) is 10.0 Å². The number of anilines is 1. The van der Waals surface area contributed by atoms with E-state index in [0.29, 0.717) is 32.8 Å². The number of benzene rings is 4. The van der Waals surface area contributed by atoms with E-state index in [9.17, 15) is 22.9 Å². The Hall–Kier alpha value is -3.70. The van der Waals surface area contributed by atoms with E-state index in [1.165, 1.54) is 19.2 Å². The van der Waals surface area contributed by atoms with Crippen LogP contribution in [0.3, 0.4) is 0 Å². The molecule has 1 amide bonds. The Labute approximate surface area is 222 Å². The maximum atomic E-state index is 13.1. The SMILES string of the molecule is COc1cc(NC(=O)c2cc3ccccc3c(N=Nc3cc(S(=O)(=O)O)cc(Cl)c3C)c2O)ccc1Cl. The molecular formula is C25H19Cl2N3O6S. The van der Waals surface area contributed by atoms with Crippen molar-refractivity contribution in [1.82, 2.24) is 0 Å². The second-order valence-electron chi connectivity index (χ2n) is 7.87. The number of hydrogen-bond donors (Lipinski definition) is 3. The molecule has 4 rings (SSSR count). The zero-order valence-electron chi connectivity index (χ0n) is 19.4. The number of azo groups is 1. The van der Waals surface area contributed by atoms with Gasteiger partial charge in [-0.25, -0.2) is 0 Å². The molecule has 4 aromatic rings. The minimum absolute atomic E-state index is 0.0234. The van der Waals surface area contributed by atoms with Gasteiger partial charge in [-0.1, -0.05) is 47.5 Å². The Balaban J connectivity index is 1.80. The normalized spacial score (nSPS) is 11.7. The van der Waals surface area contributed by atoms with Crippen molar-refractivity contribution in [2.45, 2.75) is 11.8 Å². The van der Waals surface area contributed by atoms with Crippen molar-refractivity contribution < 1.29 is 27.6 Å². The molecule has 37 heavy (non-hydrogen) atoms. The van der Waals surface area contributed by atoms with Crippen LogP contribution in [-0.4, -0.2) is 31.1 Å². The molecule has 0 saturated carbocycles. The van der Waals surface area contributed by atoms with Crippen molar-refractivity contribution in [3.8, 4) is 11.5 Å². The first-order valence-corrected chi connectivity index (χ1v) is 12.8. The highest BCUT2D eigenvalue weighted by Crippen LogP contribution is 2.40. The molecule has 0 bridgehead atoms. The van der Waals surface area contributed by atoms with E-state index in [-0.39, 0.29) is 22.0 Å². The number of halogens is 2. The van der Waals surface area contributed by atoms with Crippen molar-refractivity contribution in [2.75, 3.05) is 12.4 Å². The predicted molar refractivity (Wildman–Crippen MR) is 142 cm³/mol. The van der Waals surface area contributed by atoms with E-state index in [1.54, 1.807) is 43.3 Å². The molecular weight excluding hydrogens is 541 g/mol. The van der Waals surface area contributed by atoms with E-state index in [1.807, 2.05) is 0 Å². The molecule has 0 aromatic heterocycles. The van der Waals surface area contributed by atoms with Crippen LogP contribution in [0.25, 0.3) is 10.8 Å². The number of phenolic OH excluding ortho intramolecular Hbond substituents is 1. The number of amides is 1. The van der Waals surface area contributed by atoms with Crippen LogP contribution in [0.15, 0.2) is 75.8 Å². The van der Waals surface area contributed by atoms with Gasteiger partial charge in [0.2, 0.25) is 0 Å². The maximum Gasteiger partial charge on any atom is 0.294 e. The molecule has 0 aliphatic carbocycles. The highest BCUT2D eigenvalue weighted by atomic mass is 35.5. The largest absolute Gasteiger partial charge is 0.505 e. The summed E-state index contributed by atoms with van der Waals surface area (Å²) in [5.74, 6) is -0.718. The summed E-state index contributed by atoms with van der Waals surface area (Å²) < 4.78 is 37.8. The number of ether oxygens (including phenoxy) is 1. The van der Waals surface area contributed by atoms with Gasteiger partial charge in [-0.3, -0.25) is 9.35 Å². The summed E-state index contributed by atoms with van der Waals surface area (Å²) in [5.41, 5.74) is 0.723. The topological polar surface area (TPSA) is 138 Å². The Kier molecular flexibility index (Phi) is 7.37. The van der Waals surface area contributed by atoms with Gasteiger partial charge in [0.1, 0.15) is 11.4 Å². The number of hydrogen-bond acceptors (Lipinski definition) is 7. The van der Waals surface area contributed by atoms with E-state index in [4.69, 9.17) is 27.9 Å². The summed E-state index contributed by atoms with van der Waals surface area (Å²) in [6, 6.07) is 15.3. The zero-order valence-corrected chi connectivity index (χ0v) is 21.7. The van der Waals surface area contributed by atoms with Crippen LogP contribution in [-0.2, 0) is 10.1 Å². The van der Waals surface area contributed by atoms with Crippen molar-refractivity contribution in [1.29, 1.82) is 0 Å². The number of carbonyl (C=O) groups is 1. The van der Waals surface area contributed by atoms with Crippen LogP contribution in [0.1, 0.15) is 15.9 Å². The first kappa shape index (κ1) is 26.4. The Morgan fingerprint density at radius 3 is 2.43 bits per heavy atom. The lowest BCUT2D eigenvalue weighted by Gasteiger charge is -2.12. The highest BCUT2D eigenvalue weighted by Gasteiger charge is 2.20. The van der Waals surface area contributed by atoms with Gasteiger partial charge >= 0.3 is 0 Å².